The van der Waals surface area contributed by atoms with E-state index in [1.54, 1.807) is 16.2 Å². The van der Waals surface area contributed by atoms with Crippen LogP contribution >= 0.6 is 11.3 Å². The van der Waals surface area contributed by atoms with Gasteiger partial charge in [0.1, 0.15) is 0 Å². The smallest absolute Gasteiger partial charge is 0.223 e. The van der Waals surface area contributed by atoms with Gasteiger partial charge in [0.05, 0.1) is 18.1 Å². The summed E-state index contributed by atoms with van der Waals surface area (Å²) in [5, 5.41) is 1.98. The zero-order chi connectivity index (χ0) is 14.6. The molecule has 1 fully saturated rings. The minimum atomic E-state index is -2.96. The predicted octanol–water partition coefficient (Wildman–Crippen LogP) is 2.45. The SMILES string of the molecule is CCCCC(=O)N(Cc1cccs1)[C@@H]1CCS(=O)(=O)C1. The molecule has 0 bridgehead atoms. The van der Waals surface area contributed by atoms with E-state index in [4.69, 9.17) is 0 Å². The van der Waals surface area contributed by atoms with Crippen molar-refractivity contribution >= 4 is 27.1 Å². The summed E-state index contributed by atoms with van der Waals surface area (Å²) in [7, 11) is -2.96. The van der Waals surface area contributed by atoms with Crippen molar-refractivity contribution in [3.63, 3.8) is 0 Å². The van der Waals surface area contributed by atoms with Gasteiger partial charge in [0.15, 0.2) is 9.84 Å². The number of carbonyl (C=O) groups excluding carboxylic acids is 1. The molecule has 1 aliphatic heterocycles. The fourth-order valence-corrected chi connectivity index (χ4v) is 4.92. The third-order valence-electron chi connectivity index (χ3n) is 3.62. The first-order chi connectivity index (χ1) is 9.52. The van der Waals surface area contributed by atoms with E-state index in [0.29, 0.717) is 19.4 Å². The van der Waals surface area contributed by atoms with Crippen LogP contribution < -0.4 is 0 Å². The zero-order valence-corrected chi connectivity index (χ0v) is 13.4. The number of carbonyl (C=O) groups is 1. The largest absolute Gasteiger partial charge is 0.334 e. The van der Waals surface area contributed by atoms with Gasteiger partial charge < -0.3 is 4.90 Å². The zero-order valence-electron chi connectivity index (χ0n) is 11.7. The van der Waals surface area contributed by atoms with E-state index in [-0.39, 0.29) is 23.5 Å². The molecule has 2 heterocycles. The average molecular weight is 315 g/mol. The van der Waals surface area contributed by atoms with Crippen molar-refractivity contribution in [1.82, 2.24) is 4.90 Å². The second kappa shape index (κ2) is 6.72. The number of hydrogen-bond donors (Lipinski definition) is 0. The van der Waals surface area contributed by atoms with Gasteiger partial charge in [-0.3, -0.25) is 4.79 Å². The van der Waals surface area contributed by atoms with Gasteiger partial charge in [-0.2, -0.15) is 0 Å². The third kappa shape index (κ3) is 4.06. The van der Waals surface area contributed by atoms with Gasteiger partial charge in [0.2, 0.25) is 5.91 Å². The van der Waals surface area contributed by atoms with E-state index >= 15 is 0 Å². The van der Waals surface area contributed by atoms with E-state index in [0.717, 1.165) is 17.7 Å². The van der Waals surface area contributed by atoms with Crippen LogP contribution in [0, 0.1) is 0 Å². The Morgan fingerprint density at radius 2 is 2.30 bits per heavy atom. The summed E-state index contributed by atoms with van der Waals surface area (Å²) in [5.74, 6) is 0.415. The van der Waals surface area contributed by atoms with Gasteiger partial charge >= 0.3 is 0 Å². The quantitative estimate of drug-likeness (QED) is 0.810. The van der Waals surface area contributed by atoms with Crippen LogP contribution in [0.3, 0.4) is 0 Å². The maximum atomic E-state index is 12.4. The van der Waals surface area contributed by atoms with Gasteiger partial charge in [-0.15, -0.1) is 11.3 Å². The number of sulfone groups is 1. The van der Waals surface area contributed by atoms with Crippen LogP contribution in [0.2, 0.25) is 0 Å². The first-order valence-electron chi connectivity index (χ1n) is 7.04. The molecule has 1 aromatic rings. The molecule has 1 saturated heterocycles. The number of thiophene rings is 1. The Morgan fingerprint density at radius 1 is 1.50 bits per heavy atom. The Labute approximate surface area is 124 Å². The van der Waals surface area contributed by atoms with Crippen molar-refractivity contribution in [3.05, 3.63) is 22.4 Å². The van der Waals surface area contributed by atoms with E-state index in [2.05, 4.69) is 6.92 Å². The molecule has 6 heteroatoms. The van der Waals surface area contributed by atoms with E-state index in [1.807, 2.05) is 17.5 Å². The topological polar surface area (TPSA) is 54.5 Å². The Kier molecular flexibility index (Phi) is 5.21. The van der Waals surface area contributed by atoms with Crippen LogP contribution in [-0.4, -0.2) is 36.8 Å². The molecular weight excluding hydrogens is 294 g/mol. The first-order valence-corrected chi connectivity index (χ1v) is 9.74. The van der Waals surface area contributed by atoms with Gasteiger partial charge in [0, 0.05) is 17.3 Å². The summed E-state index contributed by atoms with van der Waals surface area (Å²) >= 11 is 1.61. The number of rotatable bonds is 6. The van der Waals surface area contributed by atoms with Gasteiger partial charge in [-0.1, -0.05) is 19.4 Å². The van der Waals surface area contributed by atoms with Crippen molar-refractivity contribution in [3.8, 4) is 0 Å². The van der Waals surface area contributed by atoms with E-state index in [1.165, 1.54) is 0 Å². The maximum absolute atomic E-state index is 12.4. The van der Waals surface area contributed by atoms with Gasteiger partial charge in [-0.25, -0.2) is 8.42 Å². The van der Waals surface area contributed by atoms with Crippen molar-refractivity contribution in [2.45, 2.75) is 45.2 Å². The van der Waals surface area contributed by atoms with E-state index in [9.17, 15) is 13.2 Å². The molecular formula is C14H21NO3S2. The number of hydrogen-bond acceptors (Lipinski definition) is 4. The molecule has 0 saturated carbocycles. The molecule has 20 heavy (non-hydrogen) atoms. The minimum Gasteiger partial charge on any atom is -0.334 e. The summed E-state index contributed by atoms with van der Waals surface area (Å²) in [5.41, 5.74) is 0. The number of nitrogens with zero attached hydrogens (tertiary/aromatic N) is 1. The third-order valence-corrected chi connectivity index (χ3v) is 6.23. The summed E-state index contributed by atoms with van der Waals surface area (Å²) < 4.78 is 23.3. The molecule has 1 aromatic heterocycles. The highest BCUT2D eigenvalue weighted by atomic mass is 32.2. The van der Waals surface area contributed by atoms with Crippen molar-refractivity contribution in [2.75, 3.05) is 11.5 Å². The Balaban J connectivity index is 2.09. The average Bonchev–Trinajstić information content (AvgIpc) is 3.02. The molecule has 0 N–H and O–H groups in total. The Hall–Kier alpha value is -0.880. The summed E-state index contributed by atoms with van der Waals surface area (Å²) in [6, 6.07) is 3.81. The summed E-state index contributed by atoms with van der Waals surface area (Å²) in [6.07, 6.45) is 2.92. The normalized spacial score (nSPS) is 20.9. The second-order valence-electron chi connectivity index (χ2n) is 5.26. The molecule has 0 radical (unpaired) electrons. The first kappa shape index (κ1) is 15.5. The monoisotopic (exact) mass is 315 g/mol. The van der Waals surface area contributed by atoms with Gasteiger partial charge in [-0.05, 0) is 24.3 Å². The molecule has 1 amide bonds. The second-order valence-corrected chi connectivity index (χ2v) is 8.52. The van der Waals surface area contributed by atoms with Crippen molar-refractivity contribution in [2.24, 2.45) is 0 Å². The molecule has 4 nitrogen and oxygen atoms in total. The lowest BCUT2D eigenvalue weighted by Crippen LogP contribution is -2.40. The van der Waals surface area contributed by atoms with Crippen LogP contribution in [0.4, 0.5) is 0 Å². The fourth-order valence-electron chi connectivity index (χ4n) is 2.48. The summed E-state index contributed by atoms with van der Waals surface area (Å²) in [6.45, 7) is 2.59. The van der Waals surface area contributed by atoms with Crippen LogP contribution in [0.15, 0.2) is 17.5 Å². The Bertz CT molecular complexity index is 537. The molecule has 2 rings (SSSR count). The molecule has 1 atom stereocenters. The highest BCUT2D eigenvalue weighted by Crippen LogP contribution is 2.23. The van der Waals surface area contributed by atoms with Crippen molar-refractivity contribution < 1.29 is 13.2 Å². The van der Waals surface area contributed by atoms with Crippen LogP contribution in [0.25, 0.3) is 0 Å². The molecule has 0 aliphatic carbocycles. The fraction of sp³-hybridized carbons (Fsp3) is 0.643. The molecule has 1 aliphatic rings. The summed E-state index contributed by atoms with van der Waals surface area (Å²) in [4.78, 5) is 15.3. The van der Waals surface area contributed by atoms with Crippen molar-refractivity contribution in [1.29, 1.82) is 0 Å². The van der Waals surface area contributed by atoms with Gasteiger partial charge in [0.25, 0.3) is 0 Å². The van der Waals surface area contributed by atoms with E-state index < -0.39 is 9.84 Å². The minimum absolute atomic E-state index is 0.0855. The Morgan fingerprint density at radius 3 is 2.85 bits per heavy atom. The van der Waals surface area contributed by atoms with Crippen LogP contribution in [0.1, 0.15) is 37.5 Å². The molecule has 0 aromatic carbocycles. The highest BCUT2D eigenvalue weighted by Gasteiger charge is 2.34. The predicted molar refractivity (Wildman–Crippen MR) is 81.5 cm³/mol. The lowest BCUT2D eigenvalue weighted by Gasteiger charge is -2.28. The molecule has 0 unspecified atom stereocenters. The molecule has 0 spiro atoms. The highest BCUT2D eigenvalue weighted by molar-refractivity contribution is 7.91. The maximum Gasteiger partial charge on any atom is 0.223 e. The van der Waals surface area contributed by atoms with Crippen LogP contribution in [0.5, 0.6) is 0 Å². The number of amides is 1. The van der Waals surface area contributed by atoms with Crippen LogP contribution in [-0.2, 0) is 21.2 Å². The standard InChI is InChI=1S/C14H21NO3S2/c1-2-3-6-14(16)15(10-13-5-4-8-19-13)12-7-9-20(17,18)11-12/h4-5,8,12H,2-3,6-7,9-11H2,1H3/t12-/m1/s1. The lowest BCUT2D eigenvalue weighted by atomic mass is 10.1. The lowest BCUT2D eigenvalue weighted by molar-refractivity contribution is -0.133. The number of unbranched alkanes of at least 4 members (excludes halogenated alkanes) is 1. The molecule has 112 valence electrons.